The zero-order valence-electron chi connectivity index (χ0n) is 6.90. The number of aliphatic hydroxyl groups excluding tert-OH is 2. The summed E-state index contributed by atoms with van der Waals surface area (Å²) in [5.74, 6) is 0.134. The molecule has 1 saturated carbocycles. The summed E-state index contributed by atoms with van der Waals surface area (Å²) in [5, 5.41) is 18.3. The third-order valence-corrected chi connectivity index (χ3v) is 1.98. The summed E-state index contributed by atoms with van der Waals surface area (Å²) >= 11 is 0. The van der Waals surface area contributed by atoms with E-state index in [9.17, 15) is 5.11 Å². The molecular weight excluding hydrogens is 197 g/mol. The van der Waals surface area contributed by atoms with Gasteiger partial charge in [0.2, 0.25) is 0 Å². The van der Waals surface area contributed by atoms with Crippen LogP contribution in [0.5, 0.6) is 0 Å². The Bertz CT molecular complexity index is 120. The molecule has 4 atom stereocenters. The van der Waals surface area contributed by atoms with Crippen LogP contribution in [0.25, 0.3) is 0 Å². The first-order valence-corrected chi connectivity index (χ1v) is 3.40. The Hall–Kier alpha value is 0.503. The van der Waals surface area contributed by atoms with Crippen molar-refractivity contribution in [1.82, 2.24) is 0 Å². The molecule has 0 spiro atoms. The molecule has 1 fully saturated rings. The van der Waals surface area contributed by atoms with Crippen molar-refractivity contribution in [3.8, 4) is 0 Å². The summed E-state index contributed by atoms with van der Waals surface area (Å²) in [5.41, 5.74) is 0. The summed E-state index contributed by atoms with van der Waals surface area (Å²) in [6.45, 7) is 1.91. The Morgan fingerprint density at radius 3 is 2.09 bits per heavy atom. The fourth-order valence-corrected chi connectivity index (χ4v) is 1.39. The maximum absolute atomic E-state index is 9.22. The molecule has 0 bridgehead atoms. The second-order valence-corrected chi connectivity index (χ2v) is 2.73. The minimum atomic E-state index is -0.750. The number of hydrogen-bond donors (Lipinski definition) is 2. The number of methoxy groups -OCH3 is 1. The van der Waals surface area contributed by atoms with Crippen LogP contribution in [-0.4, -0.2) is 35.6 Å². The van der Waals surface area contributed by atoms with Gasteiger partial charge >= 0.3 is 0 Å². The van der Waals surface area contributed by atoms with E-state index in [2.05, 4.69) is 0 Å². The van der Waals surface area contributed by atoms with Crippen molar-refractivity contribution in [2.75, 3.05) is 7.11 Å². The van der Waals surface area contributed by atoms with Crippen LogP contribution in [-0.2, 0) is 24.2 Å². The molecule has 1 aliphatic rings. The van der Waals surface area contributed by atoms with E-state index >= 15 is 0 Å². The molecule has 0 heterocycles. The van der Waals surface area contributed by atoms with Crippen LogP contribution in [0.3, 0.4) is 0 Å². The molecule has 4 heteroatoms. The van der Waals surface area contributed by atoms with Gasteiger partial charge in [0.25, 0.3) is 0 Å². The Balaban J connectivity index is 0.000001000. The summed E-state index contributed by atoms with van der Waals surface area (Å²) in [4.78, 5) is 0. The quantitative estimate of drug-likeness (QED) is 0.456. The third-order valence-electron chi connectivity index (χ3n) is 1.98. The molecular formula is C7H13O3Zn-. The van der Waals surface area contributed by atoms with Crippen molar-refractivity contribution >= 4 is 0 Å². The molecule has 0 aromatic heterocycles. The third kappa shape index (κ3) is 2.22. The Morgan fingerprint density at radius 2 is 1.91 bits per heavy atom. The second-order valence-electron chi connectivity index (χ2n) is 2.73. The van der Waals surface area contributed by atoms with Crippen LogP contribution in [0.4, 0.5) is 0 Å². The minimum absolute atomic E-state index is 0. The van der Waals surface area contributed by atoms with Crippen LogP contribution in [0.15, 0.2) is 0 Å². The van der Waals surface area contributed by atoms with Crippen LogP contribution in [0.1, 0.15) is 6.92 Å². The molecule has 0 aromatic rings. The monoisotopic (exact) mass is 209 g/mol. The first kappa shape index (κ1) is 11.5. The van der Waals surface area contributed by atoms with Crippen molar-refractivity contribution in [2.24, 2.45) is 5.92 Å². The van der Waals surface area contributed by atoms with Gasteiger partial charge in [-0.25, -0.2) is 0 Å². The molecule has 11 heavy (non-hydrogen) atoms. The smallest absolute Gasteiger partial charge is 0.0758 e. The largest absolute Gasteiger partial charge is 0.422 e. The van der Waals surface area contributed by atoms with Gasteiger partial charge in [-0.2, -0.15) is 0 Å². The second kappa shape index (κ2) is 4.51. The molecule has 0 radical (unpaired) electrons. The van der Waals surface area contributed by atoms with E-state index in [1.165, 1.54) is 7.11 Å². The van der Waals surface area contributed by atoms with E-state index in [0.29, 0.717) is 0 Å². The van der Waals surface area contributed by atoms with Gasteiger partial charge in [-0.3, -0.25) is 6.42 Å². The van der Waals surface area contributed by atoms with Gasteiger partial charge in [0.15, 0.2) is 0 Å². The maximum Gasteiger partial charge on any atom is 0.0758 e. The van der Waals surface area contributed by atoms with Gasteiger partial charge in [0.1, 0.15) is 0 Å². The Labute approximate surface area is 79.5 Å². The van der Waals surface area contributed by atoms with Crippen molar-refractivity contribution < 1.29 is 34.4 Å². The van der Waals surface area contributed by atoms with Crippen LogP contribution in [0, 0.1) is 12.3 Å². The van der Waals surface area contributed by atoms with Crippen molar-refractivity contribution in [1.29, 1.82) is 0 Å². The topological polar surface area (TPSA) is 49.7 Å². The predicted molar refractivity (Wildman–Crippen MR) is 36.3 cm³/mol. The molecule has 0 aromatic carbocycles. The van der Waals surface area contributed by atoms with Crippen LogP contribution >= 0.6 is 0 Å². The normalized spacial score (nSPS) is 43.6. The summed E-state index contributed by atoms with van der Waals surface area (Å²) in [7, 11) is 1.54. The van der Waals surface area contributed by atoms with E-state index < -0.39 is 12.2 Å². The van der Waals surface area contributed by atoms with Gasteiger partial charge in [0, 0.05) is 26.6 Å². The molecule has 2 N–H and O–H groups in total. The summed E-state index contributed by atoms with van der Waals surface area (Å²) in [6.07, 6.45) is -0.0197. The van der Waals surface area contributed by atoms with Gasteiger partial charge in [0.05, 0.1) is 12.2 Å². The van der Waals surface area contributed by atoms with Crippen LogP contribution < -0.4 is 0 Å². The average Bonchev–Trinajstić information content (AvgIpc) is 2.09. The fraction of sp³-hybridized carbons (Fsp3) is 0.857. The standard InChI is InChI=1S/C7H13O3.Zn/c1-4-3-5(8)6(9)7(4)10-2;/h3-9H,1-2H3;/q-1;. The number of ether oxygens (including phenoxy) is 1. The molecule has 1 rings (SSSR count). The van der Waals surface area contributed by atoms with E-state index in [1.807, 2.05) is 6.92 Å². The SMILES string of the molecule is COC1C(C)[CH-]C(O)C1O.[Zn]. The summed E-state index contributed by atoms with van der Waals surface area (Å²) < 4.78 is 4.96. The molecule has 4 unspecified atom stereocenters. The van der Waals surface area contributed by atoms with E-state index in [4.69, 9.17) is 9.84 Å². The number of aliphatic hydroxyl groups is 2. The van der Waals surface area contributed by atoms with Crippen molar-refractivity contribution in [3.63, 3.8) is 0 Å². The van der Waals surface area contributed by atoms with E-state index in [1.54, 1.807) is 6.42 Å². The Morgan fingerprint density at radius 1 is 1.36 bits per heavy atom. The number of rotatable bonds is 1. The molecule has 1 aliphatic carbocycles. The first-order chi connectivity index (χ1) is 4.66. The summed E-state index contributed by atoms with van der Waals surface area (Å²) in [6, 6.07) is 0. The minimum Gasteiger partial charge on any atom is -0.422 e. The Kier molecular flexibility index (Phi) is 4.72. The van der Waals surface area contributed by atoms with E-state index in [0.717, 1.165) is 0 Å². The fourth-order valence-electron chi connectivity index (χ4n) is 1.39. The number of hydrogen-bond acceptors (Lipinski definition) is 3. The van der Waals surface area contributed by atoms with Gasteiger partial charge < -0.3 is 14.9 Å². The average molecular weight is 211 g/mol. The van der Waals surface area contributed by atoms with Gasteiger partial charge in [-0.1, -0.05) is 6.92 Å². The first-order valence-electron chi connectivity index (χ1n) is 3.40. The molecule has 0 saturated heterocycles. The molecule has 62 valence electrons. The molecule has 0 amide bonds. The van der Waals surface area contributed by atoms with Crippen LogP contribution in [0.2, 0.25) is 0 Å². The van der Waals surface area contributed by atoms with E-state index in [-0.39, 0.29) is 31.5 Å². The zero-order chi connectivity index (χ0) is 7.72. The van der Waals surface area contributed by atoms with Crippen molar-refractivity contribution in [2.45, 2.75) is 25.2 Å². The van der Waals surface area contributed by atoms with Gasteiger partial charge in [-0.15, -0.1) is 5.92 Å². The predicted octanol–water partition coefficient (Wildman–Crippen LogP) is -0.425. The van der Waals surface area contributed by atoms with Crippen molar-refractivity contribution in [3.05, 3.63) is 6.42 Å². The zero-order valence-corrected chi connectivity index (χ0v) is 9.86. The molecule has 0 aliphatic heterocycles. The van der Waals surface area contributed by atoms with Gasteiger partial charge in [-0.05, 0) is 6.10 Å². The molecule has 3 nitrogen and oxygen atoms in total. The maximum atomic E-state index is 9.22.